The van der Waals surface area contributed by atoms with E-state index in [9.17, 15) is 0 Å². The number of hydrogen-bond donors (Lipinski definition) is 1. The summed E-state index contributed by atoms with van der Waals surface area (Å²) >= 11 is 0. The molecule has 88 valence electrons. The minimum atomic E-state index is 0.527. The number of benzene rings is 1. The largest absolute Gasteiger partial charge is 0.316 e. The molecule has 0 aliphatic carbocycles. The highest BCUT2D eigenvalue weighted by molar-refractivity contribution is 5.32. The van der Waals surface area contributed by atoms with E-state index in [0.717, 1.165) is 18.8 Å². The third-order valence-electron chi connectivity index (χ3n) is 3.29. The van der Waals surface area contributed by atoms with E-state index in [1.807, 2.05) is 29.1 Å². The Morgan fingerprint density at radius 1 is 1.24 bits per heavy atom. The molecular formula is C13H16N4. The maximum Gasteiger partial charge on any atom is 0.0733 e. The summed E-state index contributed by atoms with van der Waals surface area (Å²) in [6.45, 7) is 2.16. The molecule has 2 heterocycles. The highest BCUT2D eigenvalue weighted by Gasteiger charge is 2.20. The van der Waals surface area contributed by atoms with Crippen LogP contribution < -0.4 is 5.32 Å². The predicted octanol–water partition coefficient (Wildman–Crippen LogP) is 1.73. The molecule has 0 saturated carbocycles. The lowest BCUT2D eigenvalue weighted by atomic mass is 9.96. The van der Waals surface area contributed by atoms with Crippen LogP contribution in [0.3, 0.4) is 0 Å². The highest BCUT2D eigenvalue weighted by Crippen LogP contribution is 2.24. The molecular weight excluding hydrogens is 212 g/mol. The van der Waals surface area contributed by atoms with E-state index in [1.165, 1.54) is 18.5 Å². The van der Waals surface area contributed by atoms with Gasteiger partial charge < -0.3 is 5.32 Å². The van der Waals surface area contributed by atoms with Crippen molar-refractivity contribution in [2.75, 3.05) is 13.1 Å². The molecule has 1 aliphatic rings. The van der Waals surface area contributed by atoms with Crippen molar-refractivity contribution in [3.05, 3.63) is 42.2 Å². The molecule has 1 saturated heterocycles. The molecule has 1 unspecified atom stereocenters. The van der Waals surface area contributed by atoms with Crippen molar-refractivity contribution >= 4 is 0 Å². The Morgan fingerprint density at radius 3 is 2.88 bits per heavy atom. The minimum Gasteiger partial charge on any atom is -0.316 e. The molecule has 1 aromatic carbocycles. The van der Waals surface area contributed by atoms with Crippen LogP contribution in [-0.2, 0) is 0 Å². The number of nitrogens with zero attached hydrogens (tertiary/aromatic N) is 3. The lowest BCUT2D eigenvalue weighted by Gasteiger charge is -2.22. The molecule has 0 amide bonds. The third-order valence-corrected chi connectivity index (χ3v) is 3.29. The molecule has 1 fully saturated rings. The Labute approximate surface area is 101 Å². The molecule has 1 aliphatic heterocycles. The molecule has 4 nitrogen and oxygen atoms in total. The molecule has 1 aromatic heterocycles. The average Bonchev–Trinajstić information content (AvgIpc) is 2.90. The van der Waals surface area contributed by atoms with Gasteiger partial charge in [0.2, 0.25) is 0 Å². The highest BCUT2D eigenvalue weighted by atomic mass is 15.4. The van der Waals surface area contributed by atoms with Gasteiger partial charge in [-0.3, -0.25) is 0 Å². The Bertz CT molecular complexity index is 471. The monoisotopic (exact) mass is 228 g/mol. The topological polar surface area (TPSA) is 42.7 Å². The van der Waals surface area contributed by atoms with Crippen LogP contribution in [0.1, 0.15) is 24.5 Å². The van der Waals surface area contributed by atoms with E-state index >= 15 is 0 Å². The second-order valence-corrected chi connectivity index (χ2v) is 4.45. The number of aromatic nitrogens is 3. The van der Waals surface area contributed by atoms with Gasteiger partial charge in [0.1, 0.15) is 0 Å². The third kappa shape index (κ3) is 2.08. The molecule has 0 bridgehead atoms. The van der Waals surface area contributed by atoms with Crippen molar-refractivity contribution in [3.63, 3.8) is 0 Å². The maximum atomic E-state index is 4.20. The summed E-state index contributed by atoms with van der Waals surface area (Å²) in [6, 6.07) is 10.2. The number of piperidine rings is 1. The van der Waals surface area contributed by atoms with E-state index < -0.39 is 0 Å². The second-order valence-electron chi connectivity index (χ2n) is 4.45. The van der Waals surface area contributed by atoms with Crippen molar-refractivity contribution < 1.29 is 0 Å². The van der Waals surface area contributed by atoms with Gasteiger partial charge in [-0.25, -0.2) is 4.68 Å². The molecule has 4 heteroatoms. The molecule has 2 aromatic rings. The Balaban J connectivity index is 1.93. The van der Waals surface area contributed by atoms with E-state index in [2.05, 4.69) is 27.8 Å². The summed E-state index contributed by atoms with van der Waals surface area (Å²) in [5.41, 5.74) is 2.30. The molecule has 1 atom stereocenters. The zero-order chi connectivity index (χ0) is 11.5. The van der Waals surface area contributed by atoms with Crippen LogP contribution in [0.5, 0.6) is 0 Å². The Kier molecular flexibility index (Phi) is 2.88. The standard InChI is InChI=1S/C13H16N4/c1-2-6-12(7-3-1)17-13(10-15-16-17)11-5-4-8-14-9-11/h1-3,6-7,10-11,14H,4-5,8-9H2. The normalized spacial score (nSPS) is 20.4. The first-order chi connectivity index (χ1) is 8.45. The summed E-state index contributed by atoms with van der Waals surface area (Å²) < 4.78 is 1.96. The van der Waals surface area contributed by atoms with Crippen molar-refractivity contribution in [2.24, 2.45) is 0 Å². The van der Waals surface area contributed by atoms with E-state index in [4.69, 9.17) is 0 Å². The first-order valence-electron chi connectivity index (χ1n) is 6.12. The first kappa shape index (κ1) is 10.5. The van der Waals surface area contributed by atoms with Crippen molar-refractivity contribution in [1.29, 1.82) is 0 Å². The van der Waals surface area contributed by atoms with Gasteiger partial charge in [0.15, 0.2) is 0 Å². The zero-order valence-corrected chi connectivity index (χ0v) is 9.71. The zero-order valence-electron chi connectivity index (χ0n) is 9.71. The smallest absolute Gasteiger partial charge is 0.0733 e. The number of hydrogen-bond acceptors (Lipinski definition) is 3. The fourth-order valence-electron chi connectivity index (χ4n) is 2.40. The van der Waals surface area contributed by atoms with Crippen LogP contribution in [0, 0.1) is 0 Å². The van der Waals surface area contributed by atoms with Gasteiger partial charge in [-0.05, 0) is 31.5 Å². The minimum absolute atomic E-state index is 0.527. The van der Waals surface area contributed by atoms with Gasteiger partial charge in [0.05, 0.1) is 17.6 Å². The van der Waals surface area contributed by atoms with Gasteiger partial charge in [0, 0.05) is 12.5 Å². The number of para-hydroxylation sites is 1. The fourth-order valence-corrected chi connectivity index (χ4v) is 2.40. The molecule has 1 N–H and O–H groups in total. The van der Waals surface area contributed by atoms with Gasteiger partial charge in [-0.15, -0.1) is 5.10 Å². The van der Waals surface area contributed by atoms with Crippen molar-refractivity contribution in [3.8, 4) is 5.69 Å². The van der Waals surface area contributed by atoms with Crippen LogP contribution in [0.15, 0.2) is 36.5 Å². The van der Waals surface area contributed by atoms with E-state index in [0.29, 0.717) is 5.92 Å². The Hall–Kier alpha value is -1.68. The maximum absolute atomic E-state index is 4.20. The lowest BCUT2D eigenvalue weighted by molar-refractivity contribution is 0.447. The van der Waals surface area contributed by atoms with E-state index in [-0.39, 0.29) is 0 Å². The number of rotatable bonds is 2. The first-order valence-corrected chi connectivity index (χ1v) is 6.12. The van der Waals surface area contributed by atoms with Crippen molar-refractivity contribution in [1.82, 2.24) is 20.3 Å². The second kappa shape index (κ2) is 4.67. The SMILES string of the molecule is c1ccc(-n2nncc2C2CCCNC2)cc1. The predicted molar refractivity (Wildman–Crippen MR) is 66.2 cm³/mol. The Morgan fingerprint density at radius 2 is 2.12 bits per heavy atom. The van der Waals surface area contributed by atoms with Crippen LogP contribution in [0.4, 0.5) is 0 Å². The van der Waals surface area contributed by atoms with Crippen LogP contribution in [0.25, 0.3) is 5.69 Å². The summed E-state index contributed by atoms with van der Waals surface area (Å²) in [5.74, 6) is 0.527. The lowest BCUT2D eigenvalue weighted by Crippen LogP contribution is -2.29. The van der Waals surface area contributed by atoms with Gasteiger partial charge in [-0.2, -0.15) is 0 Å². The van der Waals surface area contributed by atoms with Crippen molar-refractivity contribution in [2.45, 2.75) is 18.8 Å². The summed E-state index contributed by atoms with van der Waals surface area (Å²) in [6.07, 6.45) is 4.34. The molecule has 3 rings (SSSR count). The summed E-state index contributed by atoms with van der Waals surface area (Å²) in [7, 11) is 0. The number of nitrogens with one attached hydrogen (secondary N) is 1. The molecule has 17 heavy (non-hydrogen) atoms. The van der Waals surface area contributed by atoms with Crippen LogP contribution in [0.2, 0.25) is 0 Å². The molecule has 0 spiro atoms. The quantitative estimate of drug-likeness (QED) is 0.851. The van der Waals surface area contributed by atoms with Crippen LogP contribution in [-0.4, -0.2) is 28.1 Å². The molecule has 0 radical (unpaired) electrons. The van der Waals surface area contributed by atoms with Gasteiger partial charge in [-0.1, -0.05) is 23.4 Å². The van der Waals surface area contributed by atoms with Gasteiger partial charge in [0.25, 0.3) is 0 Å². The van der Waals surface area contributed by atoms with Gasteiger partial charge >= 0.3 is 0 Å². The van der Waals surface area contributed by atoms with Crippen LogP contribution >= 0.6 is 0 Å². The average molecular weight is 228 g/mol. The fraction of sp³-hybridized carbons (Fsp3) is 0.385. The summed E-state index contributed by atoms with van der Waals surface area (Å²) in [4.78, 5) is 0. The van der Waals surface area contributed by atoms with E-state index in [1.54, 1.807) is 0 Å². The summed E-state index contributed by atoms with van der Waals surface area (Å²) in [5, 5.41) is 11.7.